The van der Waals surface area contributed by atoms with Gasteiger partial charge in [0.05, 0.1) is 17.8 Å². The van der Waals surface area contributed by atoms with Crippen LogP contribution in [0.4, 0.5) is 0 Å². The van der Waals surface area contributed by atoms with Crippen LogP contribution in [0.1, 0.15) is 44.9 Å². The second kappa shape index (κ2) is 7.48. The summed E-state index contributed by atoms with van der Waals surface area (Å²) in [5, 5.41) is 2.70. The summed E-state index contributed by atoms with van der Waals surface area (Å²) in [5.74, 6) is -0.191. The van der Waals surface area contributed by atoms with Crippen molar-refractivity contribution in [2.75, 3.05) is 24.3 Å². The van der Waals surface area contributed by atoms with Crippen LogP contribution in [-0.4, -0.2) is 63.4 Å². The second-order valence-electron chi connectivity index (χ2n) is 6.58. The van der Waals surface area contributed by atoms with Gasteiger partial charge in [0.25, 0.3) is 0 Å². The number of sulfone groups is 1. The highest BCUT2D eigenvalue weighted by atomic mass is 32.2. The molecule has 0 radical (unpaired) electrons. The van der Waals surface area contributed by atoms with Gasteiger partial charge in [-0.05, 0) is 19.3 Å². The zero-order valence-electron chi connectivity index (χ0n) is 13.5. The first-order chi connectivity index (χ1) is 10.7. The molecule has 1 aliphatic heterocycles. The van der Waals surface area contributed by atoms with E-state index in [1.807, 2.05) is 0 Å². The van der Waals surface area contributed by atoms with Gasteiger partial charge in [-0.1, -0.05) is 19.3 Å². The minimum absolute atomic E-state index is 0.0154. The van der Waals surface area contributed by atoms with Gasteiger partial charge in [0.1, 0.15) is 0 Å². The zero-order valence-corrected chi connectivity index (χ0v) is 15.2. The van der Waals surface area contributed by atoms with Gasteiger partial charge in [0.15, 0.2) is 9.84 Å². The summed E-state index contributed by atoms with van der Waals surface area (Å²) >= 11 is 0. The van der Waals surface area contributed by atoms with Crippen molar-refractivity contribution >= 4 is 25.8 Å². The molecule has 2 rings (SSSR count). The highest BCUT2D eigenvalue weighted by Gasteiger charge is 2.31. The number of carbonyl (C=O) groups is 1. The van der Waals surface area contributed by atoms with Gasteiger partial charge in [0.2, 0.25) is 15.9 Å². The number of carbonyl (C=O) groups excluding carboxylic acids is 1. The third kappa shape index (κ3) is 5.72. The number of nitrogens with zero attached hydrogens (tertiary/aromatic N) is 1. The molecule has 1 saturated carbocycles. The molecule has 9 heteroatoms. The molecule has 1 aliphatic carbocycles. The Kier molecular flexibility index (Phi) is 6.07. The summed E-state index contributed by atoms with van der Waals surface area (Å²) in [6, 6.07) is -0.354. The highest BCUT2D eigenvalue weighted by molar-refractivity contribution is 7.91. The van der Waals surface area contributed by atoms with E-state index in [0.29, 0.717) is 6.42 Å². The Balaban J connectivity index is 1.87. The Morgan fingerprint density at radius 1 is 1.17 bits per heavy atom. The van der Waals surface area contributed by atoms with Gasteiger partial charge in [0, 0.05) is 25.0 Å². The van der Waals surface area contributed by atoms with Crippen molar-refractivity contribution in [3.05, 3.63) is 0 Å². The average Bonchev–Trinajstić information content (AvgIpc) is 2.77. The van der Waals surface area contributed by atoms with Crippen LogP contribution in [0.3, 0.4) is 0 Å². The molecule has 0 aromatic rings. The first kappa shape index (κ1) is 18.7. The molecule has 2 fully saturated rings. The van der Waals surface area contributed by atoms with Gasteiger partial charge in [-0.25, -0.2) is 16.8 Å². The fraction of sp³-hybridized carbons (Fsp3) is 0.929. The van der Waals surface area contributed by atoms with Crippen LogP contribution in [0, 0.1) is 0 Å². The lowest BCUT2D eigenvalue weighted by atomic mass is 9.95. The molecule has 0 aromatic carbocycles. The smallest absolute Gasteiger partial charge is 0.221 e. The van der Waals surface area contributed by atoms with Crippen LogP contribution in [0.5, 0.6) is 0 Å². The zero-order chi connectivity index (χ0) is 17.1. The van der Waals surface area contributed by atoms with Gasteiger partial charge >= 0.3 is 0 Å². The molecule has 7 nitrogen and oxygen atoms in total. The van der Waals surface area contributed by atoms with E-state index < -0.39 is 19.9 Å². The quantitative estimate of drug-likeness (QED) is 0.727. The van der Waals surface area contributed by atoms with Crippen LogP contribution in [0.25, 0.3) is 0 Å². The van der Waals surface area contributed by atoms with Crippen molar-refractivity contribution in [3.63, 3.8) is 0 Å². The lowest BCUT2D eigenvalue weighted by Crippen LogP contribution is -2.44. The Morgan fingerprint density at radius 3 is 2.35 bits per heavy atom. The summed E-state index contributed by atoms with van der Waals surface area (Å²) in [4.78, 5) is 12.0. The Morgan fingerprint density at radius 2 is 1.83 bits per heavy atom. The summed E-state index contributed by atoms with van der Waals surface area (Å²) in [6.07, 6.45) is 6.54. The van der Waals surface area contributed by atoms with Crippen molar-refractivity contribution in [2.45, 2.75) is 57.0 Å². The lowest BCUT2D eigenvalue weighted by Gasteiger charge is -2.32. The molecule has 0 aromatic heterocycles. The molecular formula is C14H26N2O5S2. The topological polar surface area (TPSA) is 101 Å². The molecule has 0 bridgehead atoms. The summed E-state index contributed by atoms with van der Waals surface area (Å²) in [5.41, 5.74) is 0. The number of rotatable bonds is 6. The van der Waals surface area contributed by atoms with Crippen molar-refractivity contribution in [1.29, 1.82) is 0 Å². The predicted octanol–water partition coefficient (Wildman–Crippen LogP) is 0.274. The maximum Gasteiger partial charge on any atom is 0.221 e. The van der Waals surface area contributed by atoms with Gasteiger partial charge < -0.3 is 5.32 Å². The molecule has 1 N–H and O–H groups in total. The van der Waals surface area contributed by atoms with Crippen LogP contribution < -0.4 is 5.32 Å². The number of nitrogens with one attached hydrogen (secondary N) is 1. The molecule has 1 heterocycles. The SMILES string of the molecule is CS(=O)(=O)N(CCC(=O)NC1CCS(=O)(=O)C1)C1CCCCC1. The van der Waals surface area contributed by atoms with E-state index >= 15 is 0 Å². The first-order valence-corrected chi connectivity index (χ1v) is 11.8. The fourth-order valence-corrected chi connectivity index (χ4v) is 6.26. The van der Waals surface area contributed by atoms with Crippen molar-refractivity contribution in [2.24, 2.45) is 0 Å². The molecule has 23 heavy (non-hydrogen) atoms. The highest BCUT2D eigenvalue weighted by Crippen LogP contribution is 2.24. The molecule has 134 valence electrons. The van der Waals surface area contributed by atoms with E-state index in [2.05, 4.69) is 5.32 Å². The van der Waals surface area contributed by atoms with E-state index in [0.717, 1.165) is 32.1 Å². The molecule has 0 spiro atoms. The van der Waals surface area contributed by atoms with Gasteiger partial charge in [-0.15, -0.1) is 0 Å². The summed E-state index contributed by atoms with van der Waals surface area (Å²) in [6.45, 7) is 0.162. The number of hydrogen-bond donors (Lipinski definition) is 1. The van der Waals surface area contributed by atoms with Gasteiger partial charge in [-0.3, -0.25) is 4.79 Å². The minimum Gasteiger partial charge on any atom is -0.352 e. The third-order valence-electron chi connectivity index (χ3n) is 4.56. The normalized spacial score (nSPS) is 25.6. The van der Waals surface area contributed by atoms with Crippen molar-refractivity contribution in [1.82, 2.24) is 9.62 Å². The molecule has 1 amide bonds. The van der Waals surface area contributed by atoms with Crippen LogP contribution in [-0.2, 0) is 24.7 Å². The summed E-state index contributed by atoms with van der Waals surface area (Å²) < 4.78 is 48.2. The van der Waals surface area contributed by atoms with E-state index in [1.165, 1.54) is 10.6 Å². The van der Waals surface area contributed by atoms with Crippen LogP contribution in [0.15, 0.2) is 0 Å². The van der Waals surface area contributed by atoms with Crippen LogP contribution in [0.2, 0.25) is 0 Å². The maximum absolute atomic E-state index is 12.0. The maximum atomic E-state index is 12.0. The van der Waals surface area contributed by atoms with E-state index in [1.54, 1.807) is 0 Å². The standard InChI is InChI=1S/C14H26N2O5S2/c1-22(18,19)16(13-5-3-2-4-6-13)9-7-14(17)15-12-8-10-23(20,21)11-12/h12-13H,2-11H2,1H3,(H,15,17). The number of hydrogen-bond acceptors (Lipinski definition) is 5. The van der Waals surface area contributed by atoms with Crippen LogP contribution >= 0.6 is 0 Å². The molecular weight excluding hydrogens is 340 g/mol. The molecule has 1 unspecified atom stereocenters. The van der Waals surface area contributed by atoms with E-state index in [-0.39, 0.29) is 42.5 Å². The largest absolute Gasteiger partial charge is 0.352 e. The monoisotopic (exact) mass is 366 g/mol. The van der Waals surface area contributed by atoms with Gasteiger partial charge in [-0.2, -0.15) is 4.31 Å². The van der Waals surface area contributed by atoms with E-state index in [4.69, 9.17) is 0 Å². The minimum atomic E-state index is -3.35. The van der Waals surface area contributed by atoms with Crippen molar-refractivity contribution < 1.29 is 21.6 Å². The third-order valence-corrected chi connectivity index (χ3v) is 7.67. The van der Waals surface area contributed by atoms with Crippen molar-refractivity contribution in [3.8, 4) is 0 Å². The molecule has 1 saturated heterocycles. The number of sulfonamides is 1. The Hall–Kier alpha value is -0.670. The molecule has 1 atom stereocenters. The Labute approximate surface area is 138 Å². The molecule has 2 aliphatic rings. The average molecular weight is 367 g/mol. The predicted molar refractivity (Wildman–Crippen MR) is 88.2 cm³/mol. The second-order valence-corrected chi connectivity index (χ2v) is 10.7. The summed E-state index contributed by atoms with van der Waals surface area (Å²) in [7, 11) is -6.38. The van der Waals surface area contributed by atoms with E-state index in [9.17, 15) is 21.6 Å². The number of amides is 1. The lowest BCUT2D eigenvalue weighted by molar-refractivity contribution is -0.121. The first-order valence-electron chi connectivity index (χ1n) is 8.14. The fourth-order valence-electron chi connectivity index (χ4n) is 3.41. The Bertz CT molecular complexity index is 624.